The minimum absolute atomic E-state index is 0.235. The number of hydrogen-bond donors (Lipinski definition) is 0. The molecule has 0 radical (unpaired) electrons. The van der Waals surface area contributed by atoms with Gasteiger partial charge in [-0.1, -0.05) is 0 Å². The molecule has 0 aliphatic heterocycles. The second-order valence-electron chi connectivity index (χ2n) is 3.96. The first kappa shape index (κ1) is 11.7. The Morgan fingerprint density at radius 2 is 1.50 bits per heavy atom. The van der Waals surface area contributed by atoms with E-state index in [1.54, 1.807) is 0 Å². The van der Waals surface area contributed by atoms with Crippen molar-refractivity contribution in [2.75, 3.05) is 0 Å². The second-order valence-corrected chi connectivity index (χ2v) is 19.7. The number of carboxylic acids is 2. The van der Waals surface area contributed by atoms with Crippen LogP contribution >= 0.6 is 0 Å². The quantitative estimate of drug-likeness (QED) is 0.460. The van der Waals surface area contributed by atoms with Crippen molar-refractivity contribution in [3.8, 4) is 0 Å². The molecule has 0 rings (SSSR count). The number of carboxylic acid groups (broad SMARTS) is 2. The molecule has 0 atom stereocenters. The van der Waals surface area contributed by atoms with Gasteiger partial charge in [-0.2, -0.15) is 0 Å². The summed E-state index contributed by atoms with van der Waals surface area (Å²) in [6.07, 6.45) is 0. The van der Waals surface area contributed by atoms with E-state index in [0.717, 1.165) is 0 Å². The summed E-state index contributed by atoms with van der Waals surface area (Å²) in [7, 11) is 0. The third kappa shape index (κ3) is 4.58. The van der Waals surface area contributed by atoms with E-state index in [0.29, 0.717) is 0 Å². The van der Waals surface area contributed by atoms with Crippen molar-refractivity contribution in [1.82, 2.24) is 0 Å². The number of aliphatic carboxylic acids is 2. The standard InChI is InChI=1S/C4H5O4.3CH3.Sn/c1-2(3(5)6)4(7)8;;;;/h2H,1H2,(H,5,6)(H,7,8);3*1H3;/p-2. The second kappa shape index (κ2) is 4.11. The van der Waals surface area contributed by atoms with Gasteiger partial charge in [-0.3, -0.25) is 0 Å². The van der Waals surface area contributed by atoms with Gasteiger partial charge in [0.15, 0.2) is 0 Å². The molecule has 4 nitrogen and oxygen atoms in total. The zero-order valence-corrected chi connectivity index (χ0v) is 10.3. The topological polar surface area (TPSA) is 80.3 Å². The van der Waals surface area contributed by atoms with Crippen molar-refractivity contribution in [2.24, 2.45) is 5.92 Å². The summed E-state index contributed by atoms with van der Waals surface area (Å²) in [5.74, 6) is -4.47. The average Bonchev–Trinajstić information content (AvgIpc) is 1.79. The Morgan fingerprint density at radius 3 is 1.58 bits per heavy atom. The van der Waals surface area contributed by atoms with E-state index in [4.69, 9.17) is 0 Å². The Labute approximate surface area is 75.5 Å². The fourth-order valence-electron chi connectivity index (χ4n) is 0.875. The normalized spacial score (nSPS) is 11.7. The van der Waals surface area contributed by atoms with E-state index in [9.17, 15) is 19.8 Å². The van der Waals surface area contributed by atoms with Crippen LogP contribution in [0.25, 0.3) is 0 Å². The predicted molar refractivity (Wildman–Crippen MR) is 41.7 cm³/mol. The Kier molecular flexibility index (Phi) is 4.02. The molecule has 0 N–H and O–H groups in total. The summed E-state index contributed by atoms with van der Waals surface area (Å²) >= 11 is -2.37. The maximum absolute atomic E-state index is 10.3. The third-order valence-electron chi connectivity index (χ3n) is 1.39. The minimum atomic E-state index is -2.37. The molecule has 0 fully saturated rings. The van der Waals surface area contributed by atoms with Gasteiger partial charge in [0.05, 0.1) is 0 Å². The van der Waals surface area contributed by atoms with Crippen LogP contribution in [0, 0.1) is 5.92 Å². The molecule has 0 saturated heterocycles. The average molecular weight is 279 g/mol. The van der Waals surface area contributed by atoms with Gasteiger partial charge in [0, 0.05) is 0 Å². The Balaban J connectivity index is 4.35. The van der Waals surface area contributed by atoms with Crippen LogP contribution in [0.1, 0.15) is 0 Å². The summed E-state index contributed by atoms with van der Waals surface area (Å²) in [6, 6.07) is 0. The number of carbonyl (C=O) groups excluding carboxylic acids is 2. The summed E-state index contributed by atoms with van der Waals surface area (Å²) in [5, 5.41) is 20.6. The fraction of sp³-hybridized carbons (Fsp3) is 0.714. The molecule has 0 aliphatic carbocycles. The first-order valence-corrected chi connectivity index (χ1v) is 14.2. The molecular weight excluding hydrogens is 267 g/mol. The van der Waals surface area contributed by atoms with Crippen molar-refractivity contribution in [3.63, 3.8) is 0 Å². The third-order valence-corrected chi connectivity index (χ3v) is 6.05. The number of carbonyl (C=O) groups is 2. The van der Waals surface area contributed by atoms with E-state index in [1.807, 2.05) is 14.8 Å². The van der Waals surface area contributed by atoms with Crippen molar-refractivity contribution < 1.29 is 19.8 Å². The molecule has 0 spiro atoms. The summed E-state index contributed by atoms with van der Waals surface area (Å²) in [4.78, 5) is 26.5. The first-order valence-electron chi connectivity index (χ1n) is 3.66. The van der Waals surface area contributed by atoms with Gasteiger partial charge in [0.25, 0.3) is 0 Å². The van der Waals surface area contributed by atoms with Crippen LogP contribution in [0.5, 0.6) is 0 Å². The van der Waals surface area contributed by atoms with Crippen LogP contribution in [-0.2, 0) is 9.59 Å². The monoisotopic (exact) mass is 280 g/mol. The molecule has 0 saturated carbocycles. The molecule has 12 heavy (non-hydrogen) atoms. The number of hydrogen-bond acceptors (Lipinski definition) is 4. The molecule has 0 aromatic rings. The number of rotatable bonds is 4. The van der Waals surface area contributed by atoms with E-state index < -0.39 is 36.2 Å². The SMILES string of the molecule is [CH3][Sn]([CH3])([CH3])[CH2]C(C(=O)[O-])C(=O)[O-]. The van der Waals surface area contributed by atoms with Crippen LogP contribution in [0.4, 0.5) is 0 Å². The first-order chi connectivity index (χ1) is 5.24. The van der Waals surface area contributed by atoms with Gasteiger partial charge in [-0.05, 0) is 0 Å². The van der Waals surface area contributed by atoms with Crippen molar-refractivity contribution in [2.45, 2.75) is 19.3 Å². The van der Waals surface area contributed by atoms with E-state index in [-0.39, 0.29) is 4.44 Å². The zero-order chi connectivity index (χ0) is 9.94. The Bertz CT molecular complexity index is 180. The molecule has 0 aliphatic rings. The molecule has 0 heterocycles. The molecule has 0 unspecified atom stereocenters. The van der Waals surface area contributed by atoms with E-state index in [1.165, 1.54) is 0 Å². The zero-order valence-electron chi connectivity index (χ0n) is 7.42. The van der Waals surface area contributed by atoms with Gasteiger partial charge in [-0.25, -0.2) is 0 Å². The van der Waals surface area contributed by atoms with Crippen LogP contribution in [0.3, 0.4) is 0 Å². The van der Waals surface area contributed by atoms with E-state index in [2.05, 4.69) is 0 Å². The van der Waals surface area contributed by atoms with Crippen molar-refractivity contribution in [1.29, 1.82) is 0 Å². The van der Waals surface area contributed by atoms with Gasteiger partial charge in [0.2, 0.25) is 0 Å². The molecule has 0 aromatic heterocycles. The summed E-state index contributed by atoms with van der Waals surface area (Å²) in [6.45, 7) is 0. The Morgan fingerprint density at radius 1 is 1.17 bits per heavy atom. The predicted octanol–water partition coefficient (Wildman–Crippen LogP) is -1.56. The van der Waals surface area contributed by atoms with Gasteiger partial charge >= 0.3 is 75.3 Å². The van der Waals surface area contributed by atoms with Crippen LogP contribution in [0.2, 0.25) is 19.3 Å². The van der Waals surface area contributed by atoms with Crippen molar-refractivity contribution >= 4 is 30.3 Å². The van der Waals surface area contributed by atoms with Gasteiger partial charge in [-0.15, -0.1) is 0 Å². The Hall–Kier alpha value is -0.261. The molecular formula is C7H12O4Sn-2. The van der Waals surface area contributed by atoms with Crippen LogP contribution in [-0.4, -0.2) is 30.3 Å². The molecule has 5 heteroatoms. The van der Waals surface area contributed by atoms with E-state index >= 15 is 0 Å². The molecule has 70 valence electrons. The molecule has 0 aromatic carbocycles. The summed E-state index contributed by atoms with van der Waals surface area (Å²) in [5.41, 5.74) is 0. The van der Waals surface area contributed by atoms with Gasteiger partial charge in [0.1, 0.15) is 0 Å². The maximum atomic E-state index is 10.3. The summed E-state index contributed by atoms with van der Waals surface area (Å²) < 4.78 is 0.235. The van der Waals surface area contributed by atoms with Crippen LogP contribution < -0.4 is 10.2 Å². The molecule has 0 amide bonds. The molecule has 0 bridgehead atoms. The van der Waals surface area contributed by atoms with Gasteiger partial charge < -0.3 is 0 Å². The van der Waals surface area contributed by atoms with Crippen molar-refractivity contribution in [3.05, 3.63) is 0 Å². The fourth-order valence-corrected chi connectivity index (χ4v) is 5.32. The van der Waals surface area contributed by atoms with Crippen LogP contribution in [0.15, 0.2) is 0 Å².